The standard InChI is InChI=1S/C27H29.2ClH.Zr/c1-17-24(27(5,6)7)16-20-19-13-10-14-23(26(2,3)4)21(19)15-22(20)25(17)18-11-8-9-12-18;;;/h8-11,13-14,16H,1,12H2,2-7H3;2*1H;/q;;;+2/p-2. The van der Waals surface area contributed by atoms with Crippen molar-refractivity contribution in [3.8, 4) is 0 Å². The van der Waals surface area contributed by atoms with Crippen LogP contribution in [-0.2, 0) is 35.5 Å². The second-order valence-corrected chi connectivity index (χ2v) is 11.4. The van der Waals surface area contributed by atoms with E-state index >= 15 is 0 Å². The van der Waals surface area contributed by atoms with E-state index in [4.69, 9.17) is 0 Å². The fourth-order valence-corrected chi connectivity index (χ4v) is 5.95. The Morgan fingerprint density at radius 2 is 1.50 bits per heavy atom. The van der Waals surface area contributed by atoms with E-state index in [1.165, 1.54) is 76.7 Å². The van der Waals surface area contributed by atoms with Crippen LogP contribution in [0.2, 0.25) is 0 Å². The Balaban J connectivity index is 0.00000160. The number of hydrogen-bond acceptors (Lipinski definition) is 0. The van der Waals surface area contributed by atoms with Crippen molar-refractivity contribution in [3.63, 3.8) is 0 Å². The SMILES string of the molecule is C=c1c(C(C)(C)C)cc2c(c1C1=CC=CC1)[C]([Zr+2])=c1c(C(C)(C)C)cccc1=2.[Cl-].[Cl-]. The molecule has 0 amide bonds. The van der Waals surface area contributed by atoms with Gasteiger partial charge in [-0.1, -0.05) is 0 Å². The second-order valence-electron chi connectivity index (χ2n) is 10.1. The quantitative estimate of drug-likeness (QED) is 0.474. The Kier molecular flexibility index (Phi) is 7.25. The third kappa shape index (κ3) is 3.99. The van der Waals surface area contributed by atoms with E-state index in [1.54, 1.807) is 0 Å². The van der Waals surface area contributed by atoms with Gasteiger partial charge in [-0.25, -0.2) is 0 Å². The molecule has 0 aliphatic heterocycles. The van der Waals surface area contributed by atoms with Crippen LogP contribution < -0.4 is 35.3 Å². The van der Waals surface area contributed by atoms with Gasteiger partial charge in [-0.3, -0.25) is 0 Å². The molecule has 3 heteroatoms. The van der Waals surface area contributed by atoms with Gasteiger partial charge in [0.05, 0.1) is 0 Å². The predicted molar refractivity (Wildman–Crippen MR) is 117 cm³/mol. The molecule has 2 aromatic rings. The van der Waals surface area contributed by atoms with Crippen LogP contribution in [-0.4, -0.2) is 0 Å². The smallest absolute Gasteiger partial charge is 1.00 e. The maximum atomic E-state index is 4.61. The summed E-state index contributed by atoms with van der Waals surface area (Å²) in [6.07, 6.45) is 7.74. The van der Waals surface area contributed by atoms with E-state index in [0.717, 1.165) is 6.42 Å². The molecule has 30 heavy (non-hydrogen) atoms. The van der Waals surface area contributed by atoms with Gasteiger partial charge in [0.25, 0.3) is 0 Å². The van der Waals surface area contributed by atoms with E-state index in [2.05, 4.69) is 90.6 Å². The number of halogens is 2. The molecular formula is C27H29Cl2Zr. The molecule has 0 heterocycles. The van der Waals surface area contributed by atoms with E-state index in [9.17, 15) is 0 Å². The maximum Gasteiger partial charge on any atom is -1.00 e. The Bertz CT molecular complexity index is 1270. The minimum Gasteiger partial charge on any atom is -1.00 e. The average Bonchev–Trinajstić information content (AvgIpc) is 3.20. The summed E-state index contributed by atoms with van der Waals surface area (Å²) >= 11 is 1.48. The Hall–Kier alpha value is -0.877. The van der Waals surface area contributed by atoms with Crippen LogP contribution in [0.5, 0.6) is 0 Å². The van der Waals surface area contributed by atoms with Gasteiger partial charge in [-0.15, -0.1) is 0 Å². The second kappa shape index (κ2) is 8.57. The van der Waals surface area contributed by atoms with Gasteiger partial charge in [0.1, 0.15) is 0 Å². The van der Waals surface area contributed by atoms with Crippen LogP contribution in [0.1, 0.15) is 70.2 Å². The third-order valence-electron chi connectivity index (χ3n) is 6.00. The van der Waals surface area contributed by atoms with Gasteiger partial charge in [0.2, 0.25) is 0 Å². The van der Waals surface area contributed by atoms with Crippen molar-refractivity contribution in [2.24, 2.45) is 0 Å². The van der Waals surface area contributed by atoms with Gasteiger partial charge in [0.15, 0.2) is 0 Å². The molecule has 0 N–H and O–H groups in total. The van der Waals surface area contributed by atoms with E-state index in [1.807, 2.05) is 0 Å². The molecule has 4 rings (SSSR count). The van der Waals surface area contributed by atoms with Crippen molar-refractivity contribution in [2.75, 3.05) is 0 Å². The summed E-state index contributed by atoms with van der Waals surface area (Å²) in [5, 5.41) is 5.51. The molecule has 2 aliphatic rings. The van der Waals surface area contributed by atoms with Crippen LogP contribution in [0, 0.1) is 10.4 Å². The van der Waals surface area contributed by atoms with Crippen molar-refractivity contribution in [1.82, 2.24) is 0 Å². The summed E-state index contributed by atoms with van der Waals surface area (Å²) in [4.78, 5) is 0. The van der Waals surface area contributed by atoms with Gasteiger partial charge >= 0.3 is 185 Å². The van der Waals surface area contributed by atoms with E-state index in [-0.39, 0.29) is 35.6 Å². The molecule has 0 aromatic heterocycles. The Morgan fingerprint density at radius 1 is 0.867 bits per heavy atom. The average molecular weight is 516 g/mol. The molecule has 0 fully saturated rings. The molecule has 0 spiro atoms. The Labute approximate surface area is 208 Å². The van der Waals surface area contributed by atoms with Crippen molar-refractivity contribution in [1.29, 1.82) is 0 Å². The van der Waals surface area contributed by atoms with Gasteiger partial charge in [-0.2, -0.15) is 0 Å². The number of rotatable bonds is 1. The molecule has 0 saturated heterocycles. The van der Waals surface area contributed by atoms with Crippen molar-refractivity contribution in [3.05, 3.63) is 85.6 Å². The third-order valence-corrected chi connectivity index (χ3v) is 7.23. The summed E-state index contributed by atoms with van der Waals surface area (Å²) in [6.45, 7) is 18.5. The molecule has 0 radical (unpaired) electrons. The molecule has 0 saturated carbocycles. The summed E-state index contributed by atoms with van der Waals surface area (Å²) < 4.78 is 1.50. The predicted octanol–water partition coefficient (Wildman–Crippen LogP) is -0.653. The molecule has 0 atom stereocenters. The summed E-state index contributed by atoms with van der Waals surface area (Å²) in [5.41, 5.74) is 7.26. The van der Waals surface area contributed by atoms with Crippen LogP contribution in [0.15, 0.2) is 42.5 Å². The van der Waals surface area contributed by atoms with Gasteiger partial charge in [0, 0.05) is 0 Å². The summed E-state index contributed by atoms with van der Waals surface area (Å²) in [5.74, 6) is 0. The first-order chi connectivity index (χ1) is 13.0. The fraction of sp³-hybridized carbons (Fsp3) is 0.333. The minimum atomic E-state index is 0. The first kappa shape index (κ1) is 25.4. The molecule has 155 valence electrons. The largest absolute Gasteiger partial charge is 1.00 e. The zero-order chi connectivity index (χ0) is 20.4. The summed E-state index contributed by atoms with van der Waals surface area (Å²) in [6, 6.07) is 9.32. The van der Waals surface area contributed by atoms with Crippen LogP contribution in [0.3, 0.4) is 0 Å². The molecule has 0 unspecified atom stereocenters. The zero-order valence-electron chi connectivity index (χ0n) is 18.7. The van der Waals surface area contributed by atoms with Crippen molar-refractivity contribution >= 4 is 15.4 Å². The normalized spacial score (nSPS) is 14.7. The minimum absolute atomic E-state index is 0. The number of allylic oxidation sites excluding steroid dienone is 4. The molecule has 2 aliphatic carbocycles. The van der Waals surface area contributed by atoms with Gasteiger partial charge in [-0.05, 0) is 0 Å². The monoisotopic (exact) mass is 513 g/mol. The van der Waals surface area contributed by atoms with Crippen LogP contribution >= 0.6 is 0 Å². The number of fused-ring (bicyclic) bond motifs is 2. The fourth-order valence-electron chi connectivity index (χ4n) is 4.65. The Morgan fingerprint density at radius 3 is 2.03 bits per heavy atom. The maximum absolute atomic E-state index is 4.61. The van der Waals surface area contributed by atoms with Crippen LogP contribution in [0.25, 0.3) is 15.4 Å². The van der Waals surface area contributed by atoms with Gasteiger partial charge < -0.3 is 24.8 Å². The number of hydrogen-bond donors (Lipinski definition) is 0. The number of benzene rings is 2. The topological polar surface area (TPSA) is 0 Å². The summed E-state index contributed by atoms with van der Waals surface area (Å²) in [7, 11) is 0. The molecule has 0 nitrogen and oxygen atoms in total. The van der Waals surface area contributed by atoms with Crippen molar-refractivity contribution in [2.45, 2.75) is 58.8 Å². The van der Waals surface area contributed by atoms with Crippen molar-refractivity contribution < 1.29 is 49.5 Å². The van der Waals surface area contributed by atoms with E-state index < -0.39 is 0 Å². The molecule has 2 aromatic carbocycles. The first-order valence-electron chi connectivity index (χ1n) is 10.1. The van der Waals surface area contributed by atoms with Crippen LogP contribution in [0.4, 0.5) is 0 Å². The molecule has 0 bridgehead atoms. The zero-order valence-corrected chi connectivity index (χ0v) is 22.7. The van der Waals surface area contributed by atoms with E-state index in [0.29, 0.717) is 0 Å². The first-order valence-corrected chi connectivity index (χ1v) is 11.4. The molecular weight excluding hydrogens is 486 g/mol.